The first-order chi connectivity index (χ1) is 7.52. The van der Waals surface area contributed by atoms with Gasteiger partial charge in [-0.15, -0.1) is 5.23 Å². The smallest absolute Gasteiger partial charge is 0.0169 e. The maximum absolute atomic E-state index is 2.42. The fraction of sp³-hybridized carbons (Fsp3) is 1.00. The Balaban J connectivity index is 2.61. The van der Waals surface area contributed by atoms with Gasteiger partial charge < -0.3 is 4.90 Å². The minimum Gasteiger partial charge on any atom is -0.306 e. The van der Waals surface area contributed by atoms with Gasteiger partial charge in [0.1, 0.15) is 0 Å². The van der Waals surface area contributed by atoms with Crippen molar-refractivity contribution in [2.75, 3.05) is 61.4 Å². The summed E-state index contributed by atoms with van der Waals surface area (Å²) in [4.78, 5) is 2.42. The van der Waals surface area contributed by atoms with Crippen LogP contribution in [-0.4, -0.2) is 86.6 Å². The third-order valence-electron chi connectivity index (χ3n) is 3.01. The van der Waals surface area contributed by atoms with Crippen LogP contribution in [0.3, 0.4) is 0 Å². The lowest BCUT2D eigenvalue weighted by atomic mass is 10.3. The molecule has 1 saturated heterocycles. The van der Waals surface area contributed by atoms with Gasteiger partial charge in [-0.25, -0.2) is 15.0 Å². The molecule has 0 unspecified atom stereocenters. The first-order valence-corrected chi connectivity index (χ1v) is 6.10. The van der Waals surface area contributed by atoms with E-state index in [9.17, 15) is 0 Å². The number of rotatable bonds is 1. The second kappa shape index (κ2) is 6.51. The van der Waals surface area contributed by atoms with Crippen molar-refractivity contribution in [3.8, 4) is 0 Å². The Morgan fingerprint density at radius 2 is 1.19 bits per heavy atom. The van der Waals surface area contributed by atoms with Crippen LogP contribution in [0.5, 0.6) is 0 Å². The van der Waals surface area contributed by atoms with E-state index in [-0.39, 0.29) is 0 Å². The van der Waals surface area contributed by atoms with Crippen molar-refractivity contribution in [2.24, 2.45) is 0 Å². The van der Waals surface area contributed by atoms with Crippen LogP contribution in [0.1, 0.15) is 12.8 Å². The van der Waals surface area contributed by atoms with Gasteiger partial charge in [0.25, 0.3) is 0 Å². The fourth-order valence-electron chi connectivity index (χ4n) is 2.30. The summed E-state index contributed by atoms with van der Waals surface area (Å²) in [6, 6.07) is 0. The molecular weight excluding hydrogens is 202 g/mol. The molecule has 0 aromatic rings. The topological polar surface area (TPSA) is 16.2 Å². The molecular formula is C11H27N5. The van der Waals surface area contributed by atoms with Gasteiger partial charge >= 0.3 is 0 Å². The van der Waals surface area contributed by atoms with Crippen LogP contribution in [-0.2, 0) is 0 Å². The molecule has 0 atom stereocenters. The lowest BCUT2D eigenvalue weighted by Crippen LogP contribution is -2.57. The second-order valence-electron chi connectivity index (χ2n) is 4.89. The highest BCUT2D eigenvalue weighted by molar-refractivity contribution is 4.59. The highest BCUT2D eigenvalue weighted by Gasteiger charge is 2.19. The van der Waals surface area contributed by atoms with Crippen LogP contribution in [0, 0.1) is 0 Å². The van der Waals surface area contributed by atoms with Gasteiger partial charge in [0.15, 0.2) is 0 Å². The van der Waals surface area contributed by atoms with Gasteiger partial charge in [0.05, 0.1) is 0 Å². The molecule has 5 nitrogen and oxygen atoms in total. The molecule has 1 rings (SSSR count). The molecule has 0 amide bonds. The van der Waals surface area contributed by atoms with Crippen molar-refractivity contribution in [1.82, 2.24) is 25.2 Å². The van der Waals surface area contributed by atoms with Gasteiger partial charge in [-0.1, -0.05) is 0 Å². The van der Waals surface area contributed by atoms with Crippen LogP contribution in [0.2, 0.25) is 0 Å². The Kier molecular flexibility index (Phi) is 5.64. The Bertz CT molecular complexity index is 181. The Morgan fingerprint density at radius 1 is 0.750 bits per heavy atom. The SMILES string of the molecule is CN1CCCN(C)N(N(C)C)N(C)CCC1. The van der Waals surface area contributed by atoms with Gasteiger partial charge in [0, 0.05) is 41.3 Å². The average molecular weight is 229 g/mol. The summed E-state index contributed by atoms with van der Waals surface area (Å²) >= 11 is 0. The molecule has 1 aliphatic heterocycles. The fourth-order valence-corrected chi connectivity index (χ4v) is 2.30. The summed E-state index contributed by atoms with van der Waals surface area (Å²) in [5.74, 6) is 0. The molecule has 1 fully saturated rings. The molecule has 0 bridgehead atoms. The van der Waals surface area contributed by atoms with Gasteiger partial charge in [-0.05, 0) is 33.0 Å². The third kappa shape index (κ3) is 3.99. The second-order valence-corrected chi connectivity index (χ2v) is 4.89. The number of nitrogens with zero attached hydrogens (tertiary/aromatic N) is 5. The maximum Gasteiger partial charge on any atom is 0.0169 e. The Hall–Kier alpha value is -0.200. The monoisotopic (exact) mass is 229 g/mol. The van der Waals surface area contributed by atoms with Crippen LogP contribution < -0.4 is 0 Å². The normalized spacial score (nSPS) is 25.1. The van der Waals surface area contributed by atoms with E-state index in [2.05, 4.69) is 60.4 Å². The van der Waals surface area contributed by atoms with Gasteiger partial charge in [-0.3, -0.25) is 0 Å². The lowest BCUT2D eigenvalue weighted by molar-refractivity contribution is -0.276. The number of hydrazine groups is 3. The predicted octanol–water partition coefficient (Wildman–Crippen LogP) is 0.184. The largest absolute Gasteiger partial charge is 0.306 e. The van der Waals surface area contributed by atoms with Crippen LogP contribution in [0.15, 0.2) is 0 Å². The van der Waals surface area contributed by atoms with E-state index in [0.29, 0.717) is 0 Å². The zero-order valence-corrected chi connectivity index (χ0v) is 11.5. The van der Waals surface area contributed by atoms with E-state index in [1.807, 2.05) is 0 Å². The average Bonchev–Trinajstić information content (AvgIpc) is 2.16. The van der Waals surface area contributed by atoms with Gasteiger partial charge in [-0.2, -0.15) is 0 Å². The van der Waals surface area contributed by atoms with E-state index in [1.54, 1.807) is 0 Å². The summed E-state index contributed by atoms with van der Waals surface area (Å²) < 4.78 is 0. The molecule has 1 aliphatic rings. The van der Waals surface area contributed by atoms with Crippen LogP contribution in [0.25, 0.3) is 0 Å². The quantitative estimate of drug-likeness (QED) is 0.636. The van der Waals surface area contributed by atoms with Crippen LogP contribution >= 0.6 is 0 Å². The number of hydrogen-bond donors (Lipinski definition) is 0. The minimum atomic E-state index is 1.09. The zero-order chi connectivity index (χ0) is 12.1. The minimum absolute atomic E-state index is 1.09. The highest BCUT2D eigenvalue weighted by atomic mass is 16.0. The summed E-state index contributed by atoms with van der Waals surface area (Å²) in [5.41, 5.74) is 0. The van der Waals surface area contributed by atoms with E-state index in [4.69, 9.17) is 0 Å². The first kappa shape index (κ1) is 13.9. The van der Waals surface area contributed by atoms with E-state index >= 15 is 0 Å². The van der Waals surface area contributed by atoms with E-state index in [1.165, 1.54) is 25.9 Å². The van der Waals surface area contributed by atoms with Crippen molar-refractivity contribution in [2.45, 2.75) is 12.8 Å². The molecule has 0 aromatic carbocycles. The summed E-state index contributed by atoms with van der Waals surface area (Å²) in [6.45, 7) is 4.56. The maximum atomic E-state index is 2.42. The lowest BCUT2D eigenvalue weighted by Gasteiger charge is -2.43. The highest BCUT2D eigenvalue weighted by Crippen LogP contribution is 2.06. The number of hydrogen-bond acceptors (Lipinski definition) is 5. The Labute approximate surface area is 100 Å². The van der Waals surface area contributed by atoms with Crippen molar-refractivity contribution < 1.29 is 0 Å². The molecule has 16 heavy (non-hydrogen) atoms. The van der Waals surface area contributed by atoms with Crippen molar-refractivity contribution in [3.05, 3.63) is 0 Å². The molecule has 0 saturated carbocycles. The molecule has 1 heterocycles. The third-order valence-corrected chi connectivity index (χ3v) is 3.01. The standard InChI is InChI=1S/C11H27N5/c1-12(2)16-14(4)10-6-8-13(3)9-7-11-15(16)5/h6-11H2,1-5H3. The molecule has 0 spiro atoms. The van der Waals surface area contributed by atoms with E-state index in [0.717, 1.165) is 13.1 Å². The molecule has 0 N–H and O–H groups in total. The molecule has 5 heteroatoms. The van der Waals surface area contributed by atoms with Crippen molar-refractivity contribution in [1.29, 1.82) is 0 Å². The Morgan fingerprint density at radius 3 is 1.56 bits per heavy atom. The summed E-state index contributed by atoms with van der Waals surface area (Å²) in [7, 11) is 10.7. The molecule has 0 aromatic heterocycles. The zero-order valence-electron chi connectivity index (χ0n) is 11.5. The predicted molar refractivity (Wildman–Crippen MR) is 67.5 cm³/mol. The summed E-state index contributed by atoms with van der Waals surface area (Å²) in [6.07, 6.45) is 2.43. The first-order valence-electron chi connectivity index (χ1n) is 6.10. The van der Waals surface area contributed by atoms with E-state index < -0.39 is 0 Å². The molecule has 96 valence electrons. The van der Waals surface area contributed by atoms with Gasteiger partial charge in [0.2, 0.25) is 0 Å². The molecule has 0 radical (unpaired) electrons. The summed E-state index contributed by atoms with van der Waals surface area (Å²) in [5, 5.41) is 8.90. The van der Waals surface area contributed by atoms with Crippen molar-refractivity contribution >= 4 is 0 Å². The molecule has 0 aliphatic carbocycles. The van der Waals surface area contributed by atoms with Crippen LogP contribution in [0.4, 0.5) is 0 Å². The van der Waals surface area contributed by atoms with Crippen molar-refractivity contribution in [3.63, 3.8) is 0 Å².